The highest BCUT2D eigenvalue weighted by Crippen LogP contribution is 2.16. The highest BCUT2D eigenvalue weighted by Gasteiger charge is 2.13. The second-order valence-corrected chi connectivity index (χ2v) is 5.24. The standard InChI is InChI=1S/C13H18N2O2S/c1-14(2)8-9-15(3)13(17)12-7-6-11(18-12)5-4-10-16/h6-7,16H,8-10H2,1-3H3. The first kappa shape index (κ1) is 14.7. The number of aliphatic hydroxyl groups excluding tert-OH is 1. The molecule has 5 heteroatoms. The molecule has 0 unspecified atom stereocenters. The Labute approximate surface area is 112 Å². The minimum Gasteiger partial charge on any atom is -0.384 e. The van der Waals surface area contributed by atoms with E-state index in [1.165, 1.54) is 11.3 Å². The average molecular weight is 266 g/mol. The van der Waals surface area contributed by atoms with Gasteiger partial charge in [-0.25, -0.2) is 0 Å². The number of hydrogen-bond donors (Lipinski definition) is 1. The van der Waals surface area contributed by atoms with E-state index >= 15 is 0 Å². The lowest BCUT2D eigenvalue weighted by molar-refractivity contribution is 0.0791. The Morgan fingerprint density at radius 1 is 1.33 bits per heavy atom. The minimum atomic E-state index is -0.163. The van der Waals surface area contributed by atoms with Crippen LogP contribution in [0.2, 0.25) is 0 Å². The van der Waals surface area contributed by atoms with Gasteiger partial charge < -0.3 is 14.9 Å². The Bertz CT molecular complexity index is 457. The van der Waals surface area contributed by atoms with Gasteiger partial charge in [-0.2, -0.15) is 0 Å². The summed E-state index contributed by atoms with van der Waals surface area (Å²) in [6.07, 6.45) is 0. The van der Waals surface area contributed by atoms with E-state index in [0.717, 1.165) is 11.4 Å². The monoisotopic (exact) mass is 266 g/mol. The number of carbonyl (C=O) groups is 1. The highest BCUT2D eigenvalue weighted by molar-refractivity contribution is 7.14. The van der Waals surface area contributed by atoms with Gasteiger partial charge in [0.1, 0.15) is 6.61 Å². The molecule has 4 nitrogen and oxygen atoms in total. The van der Waals surface area contributed by atoms with Gasteiger partial charge in [-0.05, 0) is 26.2 Å². The van der Waals surface area contributed by atoms with Crippen molar-refractivity contribution in [1.82, 2.24) is 9.80 Å². The van der Waals surface area contributed by atoms with Crippen LogP contribution in [0.4, 0.5) is 0 Å². The van der Waals surface area contributed by atoms with Crippen molar-refractivity contribution in [2.45, 2.75) is 0 Å². The van der Waals surface area contributed by atoms with Crippen LogP contribution in [0.5, 0.6) is 0 Å². The Kier molecular flexibility index (Phi) is 5.86. The number of likely N-dealkylation sites (N-methyl/N-ethyl adjacent to an activating group) is 2. The molecule has 0 aliphatic heterocycles. The highest BCUT2D eigenvalue weighted by atomic mass is 32.1. The first-order chi connectivity index (χ1) is 8.54. The van der Waals surface area contributed by atoms with E-state index in [9.17, 15) is 4.79 Å². The summed E-state index contributed by atoms with van der Waals surface area (Å²) in [5.41, 5.74) is 0. The molecule has 0 fully saturated rings. The number of amides is 1. The normalized spacial score (nSPS) is 10.1. The van der Waals surface area contributed by atoms with E-state index < -0.39 is 0 Å². The average Bonchev–Trinajstić information content (AvgIpc) is 2.81. The van der Waals surface area contributed by atoms with E-state index in [-0.39, 0.29) is 12.5 Å². The molecule has 1 amide bonds. The number of aliphatic hydroxyl groups is 1. The van der Waals surface area contributed by atoms with E-state index in [1.54, 1.807) is 24.1 Å². The third-order valence-electron chi connectivity index (χ3n) is 2.34. The van der Waals surface area contributed by atoms with Crippen molar-refractivity contribution >= 4 is 17.2 Å². The van der Waals surface area contributed by atoms with Crippen LogP contribution in [0.25, 0.3) is 0 Å². The number of carbonyl (C=O) groups excluding carboxylic acids is 1. The first-order valence-corrected chi connectivity index (χ1v) is 6.46. The van der Waals surface area contributed by atoms with Crippen molar-refractivity contribution < 1.29 is 9.90 Å². The smallest absolute Gasteiger partial charge is 0.263 e. The van der Waals surface area contributed by atoms with Gasteiger partial charge in [0.15, 0.2) is 0 Å². The lowest BCUT2D eigenvalue weighted by Gasteiger charge is -2.18. The van der Waals surface area contributed by atoms with Crippen LogP contribution in [0.15, 0.2) is 12.1 Å². The zero-order valence-corrected chi connectivity index (χ0v) is 11.8. The lowest BCUT2D eigenvalue weighted by Crippen LogP contribution is -2.33. The Morgan fingerprint density at radius 2 is 2.06 bits per heavy atom. The van der Waals surface area contributed by atoms with Crippen molar-refractivity contribution in [3.63, 3.8) is 0 Å². The molecule has 0 aromatic carbocycles. The van der Waals surface area contributed by atoms with Crippen molar-refractivity contribution in [1.29, 1.82) is 0 Å². The summed E-state index contributed by atoms with van der Waals surface area (Å²) < 4.78 is 0. The Morgan fingerprint density at radius 3 is 2.67 bits per heavy atom. The van der Waals surface area contributed by atoms with E-state index in [4.69, 9.17) is 5.11 Å². The van der Waals surface area contributed by atoms with Crippen LogP contribution in [-0.2, 0) is 0 Å². The van der Waals surface area contributed by atoms with E-state index in [2.05, 4.69) is 11.8 Å². The number of nitrogens with zero attached hydrogens (tertiary/aromatic N) is 2. The van der Waals surface area contributed by atoms with Crippen LogP contribution < -0.4 is 0 Å². The molecule has 98 valence electrons. The quantitative estimate of drug-likeness (QED) is 0.817. The maximum absolute atomic E-state index is 12.1. The second kappa shape index (κ2) is 7.17. The van der Waals surface area contributed by atoms with Crippen LogP contribution in [0.3, 0.4) is 0 Å². The van der Waals surface area contributed by atoms with Gasteiger partial charge >= 0.3 is 0 Å². The second-order valence-electron chi connectivity index (χ2n) is 4.15. The summed E-state index contributed by atoms with van der Waals surface area (Å²) >= 11 is 1.35. The van der Waals surface area contributed by atoms with Gasteiger partial charge in [0.2, 0.25) is 0 Å². The predicted octanol–water partition coefficient (Wildman–Crippen LogP) is 0.726. The van der Waals surface area contributed by atoms with Crippen molar-refractivity contribution in [2.24, 2.45) is 0 Å². The van der Waals surface area contributed by atoms with Crippen LogP contribution in [-0.4, -0.2) is 61.7 Å². The maximum Gasteiger partial charge on any atom is 0.263 e. The summed E-state index contributed by atoms with van der Waals surface area (Å²) in [6, 6.07) is 3.58. The lowest BCUT2D eigenvalue weighted by atomic mass is 10.3. The molecule has 0 atom stereocenters. The van der Waals surface area contributed by atoms with Gasteiger partial charge in [0.25, 0.3) is 5.91 Å². The molecule has 18 heavy (non-hydrogen) atoms. The van der Waals surface area contributed by atoms with Gasteiger partial charge in [0.05, 0.1) is 9.75 Å². The molecule has 1 heterocycles. The molecular weight excluding hydrogens is 248 g/mol. The fraction of sp³-hybridized carbons (Fsp3) is 0.462. The van der Waals surface area contributed by atoms with Crippen LogP contribution in [0, 0.1) is 11.8 Å². The number of rotatable bonds is 4. The molecular formula is C13H18N2O2S. The van der Waals surface area contributed by atoms with E-state index in [1.807, 2.05) is 19.0 Å². The third-order valence-corrected chi connectivity index (χ3v) is 3.33. The van der Waals surface area contributed by atoms with Crippen LogP contribution >= 0.6 is 11.3 Å². The van der Waals surface area contributed by atoms with Gasteiger partial charge in [-0.3, -0.25) is 4.79 Å². The Balaban J connectivity index is 2.63. The first-order valence-electron chi connectivity index (χ1n) is 5.64. The zero-order chi connectivity index (χ0) is 13.5. The molecule has 0 saturated carbocycles. The van der Waals surface area contributed by atoms with Crippen molar-refractivity contribution in [2.75, 3.05) is 40.8 Å². The fourth-order valence-electron chi connectivity index (χ4n) is 1.29. The Hall–Kier alpha value is -1.35. The number of hydrogen-bond acceptors (Lipinski definition) is 4. The topological polar surface area (TPSA) is 43.8 Å². The molecule has 1 aromatic heterocycles. The van der Waals surface area contributed by atoms with Gasteiger partial charge in [-0.1, -0.05) is 11.8 Å². The molecule has 0 bridgehead atoms. The molecule has 0 aliphatic carbocycles. The molecule has 1 aromatic rings. The summed E-state index contributed by atoms with van der Waals surface area (Å²) in [4.78, 5) is 17.3. The fourth-order valence-corrected chi connectivity index (χ4v) is 2.16. The molecule has 0 saturated heterocycles. The SMILES string of the molecule is CN(C)CCN(C)C(=O)c1ccc(C#CCO)s1. The molecule has 1 N–H and O–H groups in total. The minimum absolute atomic E-state index is 0.0129. The third kappa shape index (κ3) is 4.49. The van der Waals surface area contributed by atoms with Crippen molar-refractivity contribution in [3.8, 4) is 11.8 Å². The zero-order valence-electron chi connectivity index (χ0n) is 10.9. The summed E-state index contributed by atoms with van der Waals surface area (Å²) in [5.74, 6) is 5.38. The van der Waals surface area contributed by atoms with Crippen molar-refractivity contribution in [3.05, 3.63) is 21.9 Å². The molecule has 0 aliphatic rings. The largest absolute Gasteiger partial charge is 0.384 e. The predicted molar refractivity (Wildman–Crippen MR) is 73.8 cm³/mol. The van der Waals surface area contributed by atoms with E-state index in [0.29, 0.717) is 11.4 Å². The summed E-state index contributed by atoms with van der Waals surface area (Å²) in [6.45, 7) is 1.37. The van der Waals surface area contributed by atoms with Crippen LogP contribution in [0.1, 0.15) is 14.5 Å². The summed E-state index contributed by atoms with van der Waals surface area (Å²) in [5, 5.41) is 8.60. The van der Waals surface area contributed by atoms with Gasteiger partial charge in [-0.15, -0.1) is 11.3 Å². The van der Waals surface area contributed by atoms with Gasteiger partial charge in [0, 0.05) is 20.1 Å². The molecule has 0 spiro atoms. The summed E-state index contributed by atoms with van der Waals surface area (Å²) in [7, 11) is 5.75. The molecule has 0 radical (unpaired) electrons. The molecule has 1 rings (SSSR count). The maximum atomic E-state index is 12.1. The number of thiophene rings is 1.